The lowest BCUT2D eigenvalue weighted by Crippen LogP contribution is -1.93. The van der Waals surface area contributed by atoms with Crippen LogP contribution in [0.1, 0.15) is 25.3 Å². The molecule has 26 heavy (non-hydrogen) atoms. The van der Waals surface area contributed by atoms with Crippen LogP contribution in [0.15, 0.2) is 65.3 Å². The molecule has 130 valence electrons. The van der Waals surface area contributed by atoms with Crippen molar-refractivity contribution in [2.24, 2.45) is 7.05 Å². The molecule has 0 radical (unpaired) electrons. The van der Waals surface area contributed by atoms with Crippen LogP contribution < -0.4 is 0 Å². The van der Waals surface area contributed by atoms with Crippen molar-refractivity contribution in [3.8, 4) is 34.1 Å². The highest BCUT2D eigenvalue weighted by atomic mass is 16.5. The summed E-state index contributed by atoms with van der Waals surface area (Å²) in [7, 11) is 1.93. The number of rotatable bonds is 4. The monoisotopic (exact) mass is 344 g/mol. The highest BCUT2D eigenvalue weighted by Gasteiger charge is 2.12. The Hall–Kier alpha value is -3.21. The predicted octanol–water partition coefficient (Wildman–Crippen LogP) is 4.93. The first-order chi connectivity index (χ1) is 12.6. The molecule has 4 rings (SSSR count). The Morgan fingerprint density at radius 2 is 1.69 bits per heavy atom. The lowest BCUT2D eigenvalue weighted by Gasteiger charge is -2.04. The summed E-state index contributed by atoms with van der Waals surface area (Å²) >= 11 is 0. The molecule has 4 aromatic rings. The Morgan fingerprint density at radius 1 is 0.923 bits per heavy atom. The van der Waals surface area contributed by atoms with E-state index in [1.165, 1.54) is 5.56 Å². The van der Waals surface area contributed by atoms with Crippen LogP contribution in [0, 0.1) is 0 Å². The van der Waals surface area contributed by atoms with Gasteiger partial charge in [0.25, 0.3) is 5.89 Å². The van der Waals surface area contributed by atoms with Gasteiger partial charge in [-0.3, -0.25) is 4.68 Å². The van der Waals surface area contributed by atoms with Crippen LogP contribution in [-0.4, -0.2) is 19.9 Å². The fourth-order valence-electron chi connectivity index (χ4n) is 2.94. The second-order valence-corrected chi connectivity index (χ2v) is 6.62. The Labute approximate surface area is 152 Å². The van der Waals surface area contributed by atoms with Crippen molar-refractivity contribution in [3.05, 3.63) is 66.4 Å². The Kier molecular flexibility index (Phi) is 4.13. The van der Waals surface area contributed by atoms with Crippen molar-refractivity contribution in [1.82, 2.24) is 19.9 Å². The van der Waals surface area contributed by atoms with E-state index in [0.29, 0.717) is 17.6 Å². The maximum absolute atomic E-state index is 5.48. The van der Waals surface area contributed by atoms with Crippen LogP contribution >= 0.6 is 0 Å². The largest absolute Gasteiger partial charge is 0.334 e. The minimum absolute atomic E-state index is 0.497. The summed E-state index contributed by atoms with van der Waals surface area (Å²) in [6.45, 7) is 4.35. The van der Waals surface area contributed by atoms with Crippen molar-refractivity contribution in [3.63, 3.8) is 0 Å². The normalized spacial score (nSPS) is 11.2. The van der Waals surface area contributed by atoms with Gasteiger partial charge >= 0.3 is 0 Å². The van der Waals surface area contributed by atoms with Gasteiger partial charge in [-0.25, -0.2) is 0 Å². The van der Waals surface area contributed by atoms with E-state index in [1.807, 2.05) is 54.2 Å². The molecule has 0 aliphatic heterocycles. The highest BCUT2D eigenvalue weighted by molar-refractivity contribution is 5.68. The number of aromatic nitrogens is 4. The first-order valence-corrected chi connectivity index (χ1v) is 8.64. The molecule has 0 saturated heterocycles. The van der Waals surface area contributed by atoms with Crippen LogP contribution in [0.25, 0.3) is 34.1 Å². The summed E-state index contributed by atoms with van der Waals surface area (Å²) in [4.78, 5) is 4.57. The molecule has 2 aromatic heterocycles. The van der Waals surface area contributed by atoms with Crippen LogP contribution in [0.2, 0.25) is 0 Å². The summed E-state index contributed by atoms with van der Waals surface area (Å²) in [5.41, 5.74) is 5.24. The number of hydrogen-bond donors (Lipinski definition) is 0. The Bertz CT molecular complexity index is 1030. The van der Waals surface area contributed by atoms with Gasteiger partial charge in [-0.2, -0.15) is 10.1 Å². The molecule has 0 bridgehead atoms. The smallest absolute Gasteiger partial charge is 0.258 e. The maximum atomic E-state index is 5.48. The van der Waals surface area contributed by atoms with E-state index in [-0.39, 0.29) is 0 Å². The summed E-state index contributed by atoms with van der Waals surface area (Å²) in [6, 6.07) is 18.3. The molecule has 0 N–H and O–H groups in total. The SMILES string of the molecule is CC(C)c1ccc(-c2nc(-c3cccc(-c4ccnn4C)c3)no2)cc1. The van der Waals surface area contributed by atoms with Crippen LogP contribution in [0.3, 0.4) is 0 Å². The van der Waals surface area contributed by atoms with Gasteiger partial charge in [0, 0.05) is 29.9 Å². The fourth-order valence-corrected chi connectivity index (χ4v) is 2.94. The van der Waals surface area contributed by atoms with Crippen LogP contribution in [-0.2, 0) is 7.05 Å². The van der Waals surface area contributed by atoms with Crippen molar-refractivity contribution < 1.29 is 4.52 Å². The van der Waals surface area contributed by atoms with Gasteiger partial charge in [-0.15, -0.1) is 0 Å². The number of benzene rings is 2. The number of aryl methyl sites for hydroxylation is 1. The van der Waals surface area contributed by atoms with Crippen molar-refractivity contribution in [2.45, 2.75) is 19.8 Å². The quantitative estimate of drug-likeness (QED) is 0.527. The topological polar surface area (TPSA) is 56.7 Å². The average molecular weight is 344 g/mol. The third-order valence-corrected chi connectivity index (χ3v) is 4.49. The molecule has 0 atom stereocenters. The maximum Gasteiger partial charge on any atom is 0.258 e. The molecular weight excluding hydrogens is 324 g/mol. The molecule has 2 heterocycles. The predicted molar refractivity (Wildman–Crippen MR) is 101 cm³/mol. The molecule has 0 amide bonds. The zero-order chi connectivity index (χ0) is 18.1. The minimum atomic E-state index is 0.497. The first kappa shape index (κ1) is 16.3. The van der Waals surface area contributed by atoms with E-state index in [1.54, 1.807) is 6.20 Å². The lowest BCUT2D eigenvalue weighted by molar-refractivity contribution is 0.432. The zero-order valence-corrected chi connectivity index (χ0v) is 15.0. The van der Waals surface area contributed by atoms with Gasteiger partial charge in [0.15, 0.2) is 0 Å². The van der Waals surface area contributed by atoms with E-state index >= 15 is 0 Å². The van der Waals surface area contributed by atoms with Crippen LogP contribution in [0.4, 0.5) is 0 Å². The summed E-state index contributed by atoms with van der Waals surface area (Å²) in [5.74, 6) is 1.61. The van der Waals surface area contributed by atoms with Crippen LogP contribution in [0.5, 0.6) is 0 Å². The third-order valence-electron chi connectivity index (χ3n) is 4.49. The van der Waals surface area contributed by atoms with E-state index in [0.717, 1.165) is 22.4 Å². The van der Waals surface area contributed by atoms with Gasteiger partial charge in [0.05, 0.1) is 5.69 Å². The van der Waals surface area contributed by atoms with E-state index in [2.05, 4.69) is 41.2 Å². The van der Waals surface area contributed by atoms with E-state index in [4.69, 9.17) is 4.52 Å². The highest BCUT2D eigenvalue weighted by Crippen LogP contribution is 2.27. The molecule has 2 aromatic carbocycles. The molecular formula is C21H20N4O. The molecule has 0 spiro atoms. The van der Waals surface area contributed by atoms with E-state index in [9.17, 15) is 0 Å². The molecule has 0 fully saturated rings. The number of hydrogen-bond acceptors (Lipinski definition) is 4. The third kappa shape index (κ3) is 3.04. The fraction of sp³-hybridized carbons (Fsp3) is 0.190. The van der Waals surface area contributed by atoms with Crippen molar-refractivity contribution >= 4 is 0 Å². The van der Waals surface area contributed by atoms with E-state index < -0.39 is 0 Å². The molecule has 0 saturated carbocycles. The second-order valence-electron chi connectivity index (χ2n) is 6.62. The molecule has 0 unspecified atom stereocenters. The molecule has 5 heteroatoms. The van der Waals surface area contributed by atoms with Gasteiger partial charge in [0.1, 0.15) is 0 Å². The van der Waals surface area contributed by atoms with Gasteiger partial charge in [-0.05, 0) is 35.7 Å². The Morgan fingerprint density at radius 3 is 2.38 bits per heavy atom. The molecule has 0 aliphatic rings. The zero-order valence-electron chi connectivity index (χ0n) is 15.0. The number of nitrogens with zero attached hydrogens (tertiary/aromatic N) is 4. The molecule has 5 nitrogen and oxygen atoms in total. The second kappa shape index (κ2) is 6.59. The summed E-state index contributed by atoms with van der Waals surface area (Å²) < 4.78 is 7.33. The Balaban J connectivity index is 1.65. The van der Waals surface area contributed by atoms with Gasteiger partial charge in [0.2, 0.25) is 5.82 Å². The first-order valence-electron chi connectivity index (χ1n) is 8.64. The minimum Gasteiger partial charge on any atom is -0.334 e. The van der Waals surface area contributed by atoms with Gasteiger partial charge < -0.3 is 4.52 Å². The standard InChI is InChI=1S/C21H20N4O/c1-14(2)15-7-9-16(10-8-15)21-23-20(24-26-21)18-6-4-5-17(13-18)19-11-12-22-25(19)3/h4-14H,1-3H3. The lowest BCUT2D eigenvalue weighted by atomic mass is 10.0. The average Bonchev–Trinajstić information content (AvgIpc) is 3.31. The molecule has 0 aliphatic carbocycles. The van der Waals surface area contributed by atoms with Crippen molar-refractivity contribution in [1.29, 1.82) is 0 Å². The van der Waals surface area contributed by atoms with Gasteiger partial charge in [-0.1, -0.05) is 49.3 Å². The summed E-state index contributed by atoms with van der Waals surface area (Å²) in [5, 5.41) is 8.38. The van der Waals surface area contributed by atoms with Crippen molar-refractivity contribution in [2.75, 3.05) is 0 Å². The summed E-state index contributed by atoms with van der Waals surface area (Å²) in [6.07, 6.45) is 1.79.